The molecule has 9 heteroatoms. The molecule has 40 heavy (non-hydrogen) atoms. The molecule has 0 radical (unpaired) electrons. The summed E-state index contributed by atoms with van der Waals surface area (Å²) in [5.41, 5.74) is 2.35. The van der Waals surface area contributed by atoms with Crippen molar-refractivity contribution in [3.8, 4) is 0 Å². The second-order valence-corrected chi connectivity index (χ2v) is 12.1. The van der Waals surface area contributed by atoms with Gasteiger partial charge in [0.05, 0.1) is 10.6 Å². The van der Waals surface area contributed by atoms with Crippen LogP contribution in [0.1, 0.15) is 24.0 Å². The fourth-order valence-corrected chi connectivity index (χ4v) is 7.23. The molecule has 4 aromatic carbocycles. The highest BCUT2D eigenvalue weighted by Gasteiger charge is 2.35. The zero-order valence-corrected chi connectivity index (χ0v) is 23.7. The Morgan fingerprint density at radius 2 is 1.62 bits per heavy atom. The van der Waals surface area contributed by atoms with Crippen molar-refractivity contribution in [2.75, 3.05) is 17.9 Å². The van der Waals surface area contributed by atoms with Gasteiger partial charge in [0.25, 0.3) is 10.0 Å². The van der Waals surface area contributed by atoms with Crippen molar-refractivity contribution in [2.24, 2.45) is 0 Å². The SMILES string of the molecule is CNC(=O)[C@@H](Cc1ccccc1)N(Cc1cccc(Cl)c1)C(=O)CCCN1c2cccc3cccc(c23)S1(=O)=O. The second-order valence-electron chi connectivity index (χ2n) is 9.78. The maximum Gasteiger partial charge on any atom is 0.265 e. The molecule has 4 aromatic rings. The van der Waals surface area contributed by atoms with Crippen molar-refractivity contribution in [1.29, 1.82) is 0 Å². The Balaban J connectivity index is 1.38. The number of anilines is 1. The Hall–Kier alpha value is -3.88. The molecule has 0 bridgehead atoms. The van der Waals surface area contributed by atoms with Gasteiger partial charge in [0.2, 0.25) is 11.8 Å². The van der Waals surface area contributed by atoms with Gasteiger partial charge in [-0.15, -0.1) is 0 Å². The Morgan fingerprint density at radius 3 is 2.35 bits per heavy atom. The highest BCUT2D eigenvalue weighted by molar-refractivity contribution is 7.93. The monoisotopic (exact) mass is 575 g/mol. The van der Waals surface area contributed by atoms with Crippen LogP contribution in [0.25, 0.3) is 10.8 Å². The van der Waals surface area contributed by atoms with E-state index in [0.29, 0.717) is 28.9 Å². The molecule has 206 valence electrons. The van der Waals surface area contributed by atoms with Crippen LogP contribution in [0.2, 0.25) is 5.02 Å². The van der Waals surface area contributed by atoms with Crippen molar-refractivity contribution in [3.63, 3.8) is 0 Å². The van der Waals surface area contributed by atoms with Gasteiger partial charge in [-0.25, -0.2) is 8.42 Å². The van der Waals surface area contributed by atoms with E-state index in [4.69, 9.17) is 11.6 Å². The van der Waals surface area contributed by atoms with Gasteiger partial charge >= 0.3 is 0 Å². The van der Waals surface area contributed by atoms with Crippen molar-refractivity contribution < 1.29 is 18.0 Å². The van der Waals surface area contributed by atoms with E-state index in [2.05, 4.69) is 5.32 Å². The van der Waals surface area contributed by atoms with E-state index in [1.807, 2.05) is 60.7 Å². The van der Waals surface area contributed by atoms with Gasteiger partial charge in [-0.3, -0.25) is 13.9 Å². The number of nitrogens with one attached hydrogen (secondary N) is 1. The summed E-state index contributed by atoms with van der Waals surface area (Å²) in [6.45, 7) is 0.341. The number of carbonyl (C=O) groups is 2. The fourth-order valence-electron chi connectivity index (χ4n) is 5.27. The maximum absolute atomic E-state index is 13.8. The highest BCUT2D eigenvalue weighted by Crippen LogP contribution is 2.42. The molecule has 1 aliphatic heterocycles. The van der Waals surface area contributed by atoms with Gasteiger partial charge in [-0.1, -0.05) is 78.3 Å². The molecule has 2 amide bonds. The minimum absolute atomic E-state index is 0.0706. The van der Waals surface area contributed by atoms with Crippen LogP contribution < -0.4 is 9.62 Å². The molecule has 0 saturated carbocycles. The molecular weight excluding hydrogens is 546 g/mol. The number of rotatable bonds is 10. The molecule has 0 spiro atoms. The quantitative estimate of drug-likeness (QED) is 0.283. The summed E-state index contributed by atoms with van der Waals surface area (Å²) >= 11 is 6.22. The molecule has 0 aliphatic carbocycles. The van der Waals surface area contributed by atoms with E-state index < -0.39 is 16.1 Å². The van der Waals surface area contributed by atoms with Gasteiger partial charge < -0.3 is 10.2 Å². The van der Waals surface area contributed by atoms with Crippen LogP contribution in [0.15, 0.2) is 95.9 Å². The topological polar surface area (TPSA) is 86.8 Å². The number of hydrogen-bond acceptors (Lipinski definition) is 4. The Kier molecular flexibility index (Phi) is 8.09. The van der Waals surface area contributed by atoms with E-state index in [1.54, 1.807) is 42.3 Å². The standard InChI is InChI=1S/C31H30ClN3O4S/c1-33-31(37)27(20-22-9-3-2-4-10-22)34(21-23-11-5-14-25(32)19-23)29(36)17-8-18-35-26-15-6-12-24-13-7-16-28(30(24)26)40(35,38)39/h2-7,9-16,19,27H,8,17-18,20-21H2,1H3,(H,33,37)/t27-/m1/s1. The summed E-state index contributed by atoms with van der Waals surface area (Å²) in [5.74, 6) is -0.514. The minimum Gasteiger partial charge on any atom is -0.357 e. The minimum atomic E-state index is -3.71. The predicted molar refractivity (Wildman–Crippen MR) is 158 cm³/mol. The third kappa shape index (κ3) is 5.55. The third-order valence-electron chi connectivity index (χ3n) is 7.19. The lowest BCUT2D eigenvalue weighted by atomic mass is 10.0. The summed E-state index contributed by atoms with van der Waals surface area (Å²) in [6.07, 6.45) is 0.701. The molecule has 0 fully saturated rings. The van der Waals surface area contributed by atoms with Crippen molar-refractivity contribution in [2.45, 2.75) is 36.7 Å². The molecule has 0 aromatic heterocycles. The van der Waals surface area contributed by atoms with Crippen LogP contribution in [0.3, 0.4) is 0 Å². The predicted octanol–water partition coefficient (Wildman–Crippen LogP) is 5.17. The van der Waals surface area contributed by atoms with E-state index in [1.165, 1.54) is 4.31 Å². The third-order valence-corrected chi connectivity index (χ3v) is 9.28. The molecule has 1 N–H and O–H groups in total. The Morgan fingerprint density at radius 1 is 0.925 bits per heavy atom. The molecule has 0 saturated heterocycles. The average Bonchev–Trinajstić information content (AvgIpc) is 3.18. The first-order valence-electron chi connectivity index (χ1n) is 13.1. The van der Waals surface area contributed by atoms with Crippen molar-refractivity contribution in [3.05, 3.63) is 107 Å². The van der Waals surface area contributed by atoms with E-state index in [0.717, 1.165) is 16.5 Å². The second kappa shape index (κ2) is 11.7. The zero-order chi connectivity index (χ0) is 28.3. The van der Waals surface area contributed by atoms with Gasteiger partial charge in [0, 0.05) is 43.4 Å². The van der Waals surface area contributed by atoms with Crippen LogP contribution in [-0.4, -0.2) is 44.8 Å². The molecule has 7 nitrogen and oxygen atoms in total. The lowest BCUT2D eigenvalue weighted by molar-refractivity contribution is -0.141. The fraction of sp³-hybridized carbons (Fsp3) is 0.226. The lowest BCUT2D eigenvalue weighted by Crippen LogP contribution is -2.49. The molecule has 5 rings (SSSR count). The number of likely N-dealkylation sites (N-methyl/N-ethyl adjacent to an activating group) is 1. The first-order chi connectivity index (χ1) is 19.3. The van der Waals surface area contributed by atoms with E-state index >= 15 is 0 Å². The summed E-state index contributed by atoms with van der Waals surface area (Å²) in [6, 6.07) is 26.8. The normalized spacial score (nSPS) is 14.2. The first kappa shape index (κ1) is 27.7. The largest absolute Gasteiger partial charge is 0.357 e. The lowest BCUT2D eigenvalue weighted by Gasteiger charge is -2.31. The number of amides is 2. The number of benzene rings is 4. The van der Waals surface area contributed by atoms with Crippen LogP contribution in [0, 0.1) is 0 Å². The zero-order valence-electron chi connectivity index (χ0n) is 22.1. The van der Waals surface area contributed by atoms with E-state index in [9.17, 15) is 18.0 Å². The molecule has 1 aliphatic rings. The Bertz CT molecular complexity index is 1650. The smallest absolute Gasteiger partial charge is 0.265 e. The van der Waals surface area contributed by atoms with Crippen molar-refractivity contribution in [1.82, 2.24) is 10.2 Å². The van der Waals surface area contributed by atoms with Crippen LogP contribution in [-0.2, 0) is 32.6 Å². The molecular formula is C31H30ClN3O4S. The van der Waals surface area contributed by atoms with Gasteiger partial charge in [0.1, 0.15) is 6.04 Å². The molecule has 1 heterocycles. The summed E-state index contributed by atoms with van der Waals surface area (Å²) in [7, 11) is -2.16. The van der Waals surface area contributed by atoms with Crippen molar-refractivity contribution >= 4 is 49.9 Å². The van der Waals surface area contributed by atoms with Crippen LogP contribution in [0.5, 0.6) is 0 Å². The van der Waals surface area contributed by atoms with Crippen LogP contribution in [0.4, 0.5) is 5.69 Å². The summed E-state index contributed by atoms with van der Waals surface area (Å²) < 4.78 is 28.1. The molecule has 0 unspecified atom stereocenters. The van der Waals surface area contributed by atoms with Gasteiger partial charge in [-0.2, -0.15) is 0 Å². The highest BCUT2D eigenvalue weighted by atomic mass is 35.5. The average molecular weight is 576 g/mol. The number of nitrogens with zero attached hydrogens (tertiary/aromatic N) is 2. The maximum atomic E-state index is 13.8. The first-order valence-corrected chi connectivity index (χ1v) is 15.0. The summed E-state index contributed by atoms with van der Waals surface area (Å²) in [4.78, 5) is 28.7. The Labute approximate surface area is 239 Å². The van der Waals surface area contributed by atoms with Crippen LogP contribution >= 0.6 is 11.6 Å². The number of carbonyl (C=O) groups excluding carboxylic acids is 2. The number of hydrogen-bond donors (Lipinski definition) is 1. The summed E-state index contributed by atoms with van der Waals surface area (Å²) in [5, 5.41) is 4.81. The van der Waals surface area contributed by atoms with Gasteiger partial charge in [0.15, 0.2) is 0 Å². The number of sulfonamides is 1. The van der Waals surface area contributed by atoms with E-state index in [-0.39, 0.29) is 36.2 Å². The van der Waals surface area contributed by atoms with Gasteiger partial charge in [-0.05, 0) is 47.2 Å². The molecule has 1 atom stereocenters. The number of halogens is 1.